The van der Waals surface area contributed by atoms with Gasteiger partial charge in [0.05, 0.1) is 0 Å². The number of carbonyl (C=O) groups excluding carboxylic acids is 1. The van der Waals surface area contributed by atoms with Crippen molar-refractivity contribution in [2.45, 2.75) is 0 Å². The number of ether oxygens (including phenoxy) is 2. The molecule has 0 atom stereocenters. The maximum Gasteiger partial charge on any atom is 0.521 e. The van der Waals surface area contributed by atoms with Crippen LogP contribution in [-0.4, -0.2) is 26.1 Å². The van der Waals surface area contributed by atoms with Crippen LogP contribution in [0.15, 0.2) is 34.1 Å². The lowest BCUT2D eigenvalue weighted by Crippen LogP contribution is -2.20. The summed E-state index contributed by atoms with van der Waals surface area (Å²) in [5.41, 5.74) is -1.34. The molecular formula is C9H6N4O5. The summed E-state index contributed by atoms with van der Waals surface area (Å²) in [5.74, 6) is -0.257. The summed E-state index contributed by atoms with van der Waals surface area (Å²) in [7, 11) is 0. The van der Waals surface area contributed by atoms with E-state index >= 15 is 0 Å². The molecule has 9 nitrogen and oxygen atoms in total. The van der Waals surface area contributed by atoms with Crippen LogP contribution >= 0.6 is 0 Å². The highest BCUT2D eigenvalue weighted by Crippen LogP contribution is 2.05. The van der Waals surface area contributed by atoms with Gasteiger partial charge < -0.3 is 9.47 Å². The molecule has 0 radical (unpaired) electrons. The van der Waals surface area contributed by atoms with E-state index in [2.05, 4.69) is 29.4 Å². The van der Waals surface area contributed by atoms with Crippen LogP contribution in [0, 0.1) is 0 Å². The van der Waals surface area contributed by atoms with Crippen molar-refractivity contribution in [1.82, 2.24) is 19.9 Å². The van der Waals surface area contributed by atoms with Crippen LogP contribution < -0.4 is 20.9 Å². The smallest absolute Gasteiger partial charge is 0.377 e. The number of hydrogen-bond acceptors (Lipinski definition) is 7. The molecule has 2 aromatic rings. The molecular weight excluding hydrogens is 244 g/mol. The number of H-pyrrole nitrogens is 2. The molecule has 0 aliphatic rings. The van der Waals surface area contributed by atoms with Crippen LogP contribution in [0.1, 0.15) is 0 Å². The minimum absolute atomic E-state index is 0.128. The van der Waals surface area contributed by atoms with Crippen molar-refractivity contribution in [3.63, 3.8) is 0 Å². The van der Waals surface area contributed by atoms with Crippen LogP contribution in [0.25, 0.3) is 0 Å². The largest absolute Gasteiger partial charge is 0.521 e. The van der Waals surface area contributed by atoms with E-state index in [4.69, 9.17) is 0 Å². The number of rotatable bonds is 2. The van der Waals surface area contributed by atoms with E-state index < -0.39 is 17.5 Å². The lowest BCUT2D eigenvalue weighted by Gasteiger charge is -2.03. The van der Waals surface area contributed by atoms with Gasteiger partial charge in [-0.05, 0) is 0 Å². The van der Waals surface area contributed by atoms with Gasteiger partial charge in [-0.3, -0.25) is 9.97 Å². The van der Waals surface area contributed by atoms with Crippen LogP contribution in [0.2, 0.25) is 0 Å². The van der Waals surface area contributed by atoms with Crippen LogP contribution in [0.3, 0.4) is 0 Å². The summed E-state index contributed by atoms with van der Waals surface area (Å²) < 4.78 is 9.28. The highest BCUT2D eigenvalue weighted by molar-refractivity contribution is 5.65. The highest BCUT2D eigenvalue weighted by Gasteiger charge is 2.09. The van der Waals surface area contributed by atoms with Gasteiger partial charge in [0.25, 0.3) is 0 Å². The van der Waals surface area contributed by atoms with Crippen molar-refractivity contribution < 1.29 is 14.3 Å². The van der Waals surface area contributed by atoms with Gasteiger partial charge in [0, 0.05) is 24.5 Å². The van der Waals surface area contributed by atoms with E-state index in [0.29, 0.717) is 0 Å². The van der Waals surface area contributed by atoms with Crippen LogP contribution in [0.4, 0.5) is 4.79 Å². The third-order valence-electron chi connectivity index (χ3n) is 1.68. The normalized spacial score (nSPS) is 9.78. The summed E-state index contributed by atoms with van der Waals surface area (Å²) in [5, 5.41) is 0. The molecule has 2 heterocycles. The molecule has 0 bridgehead atoms. The maximum absolute atomic E-state index is 11.3. The lowest BCUT2D eigenvalue weighted by atomic mass is 10.6. The third kappa shape index (κ3) is 3.01. The third-order valence-corrected chi connectivity index (χ3v) is 1.68. The van der Waals surface area contributed by atoms with E-state index in [9.17, 15) is 14.4 Å². The van der Waals surface area contributed by atoms with Crippen molar-refractivity contribution >= 4 is 6.16 Å². The number of nitrogens with one attached hydrogen (secondary N) is 2. The molecule has 18 heavy (non-hydrogen) atoms. The molecule has 0 aromatic carbocycles. The van der Waals surface area contributed by atoms with Crippen LogP contribution in [0.5, 0.6) is 11.8 Å². The summed E-state index contributed by atoms with van der Waals surface area (Å²) >= 11 is 0. The van der Waals surface area contributed by atoms with Crippen LogP contribution in [-0.2, 0) is 0 Å². The van der Waals surface area contributed by atoms with Crippen molar-refractivity contribution in [1.29, 1.82) is 0 Å². The Kier molecular flexibility index (Phi) is 3.14. The summed E-state index contributed by atoms with van der Waals surface area (Å²) in [4.78, 5) is 43.9. The number of nitrogens with zero attached hydrogens (tertiary/aromatic N) is 2. The monoisotopic (exact) mass is 250 g/mol. The fourth-order valence-corrected chi connectivity index (χ4v) is 1.02. The Morgan fingerprint density at radius 2 is 1.39 bits per heavy atom. The Hall–Kier alpha value is -2.97. The molecule has 92 valence electrons. The molecule has 2 aromatic heterocycles. The van der Waals surface area contributed by atoms with Crippen molar-refractivity contribution in [2.75, 3.05) is 0 Å². The van der Waals surface area contributed by atoms with E-state index in [-0.39, 0.29) is 11.8 Å². The molecule has 2 rings (SSSR count). The molecule has 0 saturated carbocycles. The van der Waals surface area contributed by atoms with Gasteiger partial charge in [0.2, 0.25) is 11.8 Å². The van der Waals surface area contributed by atoms with Gasteiger partial charge in [0.15, 0.2) is 0 Å². The fraction of sp³-hybridized carbons (Fsp3) is 0. The van der Waals surface area contributed by atoms with E-state index in [1.807, 2.05) is 0 Å². The zero-order chi connectivity index (χ0) is 13.0. The predicted molar refractivity (Wildman–Crippen MR) is 56.4 cm³/mol. The first kappa shape index (κ1) is 11.5. The number of aromatic amines is 2. The minimum Gasteiger partial charge on any atom is -0.377 e. The number of hydrogen-bond donors (Lipinski definition) is 2. The van der Waals surface area contributed by atoms with Gasteiger partial charge in [-0.1, -0.05) is 0 Å². The Bertz CT molecular complexity index is 619. The summed E-state index contributed by atoms with van der Waals surface area (Å²) in [6.45, 7) is 0. The molecule has 2 N–H and O–H groups in total. The number of carbonyl (C=O) groups is 1. The minimum atomic E-state index is -1.13. The topological polar surface area (TPSA) is 127 Å². The maximum atomic E-state index is 11.3. The first-order valence-electron chi connectivity index (χ1n) is 4.64. The first-order valence-corrected chi connectivity index (χ1v) is 4.64. The van der Waals surface area contributed by atoms with E-state index in [1.165, 1.54) is 12.1 Å². The number of aromatic nitrogens is 4. The summed E-state index contributed by atoms with van der Waals surface area (Å²) in [6, 6.07) is 2.52. The molecule has 0 unspecified atom stereocenters. The van der Waals surface area contributed by atoms with Crippen molar-refractivity contribution in [3.8, 4) is 11.8 Å². The molecule has 0 amide bonds. The molecule has 0 fully saturated rings. The average Bonchev–Trinajstić information content (AvgIpc) is 2.28. The van der Waals surface area contributed by atoms with E-state index in [1.54, 1.807) is 0 Å². The Balaban J connectivity index is 2.05. The Labute approximate surface area is 98.4 Å². The molecule has 0 saturated heterocycles. The zero-order valence-electron chi connectivity index (χ0n) is 8.75. The Morgan fingerprint density at radius 3 is 1.78 bits per heavy atom. The van der Waals surface area contributed by atoms with Crippen molar-refractivity contribution in [2.24, 2.45) is 0 Å². The SMILES string of the molecule is O=C(Oc1ccnc(=O)[nH]1)Oc1ccnc(=O)[nH]1. The summed E-state index contributed by atoms with van der Waals surface area (Å²) in [6.07, 6.45) is 1.20. The molecule has 0 spiro atoms. The zero-order valence-corrected chi connectivity index (χ0v) is 8.75. The fourth-order valence-electron chi connectivity index (χ4n) is 1.02. The standard InChI is InChI=1S/C9H6N4O5/c14-7-10-3-1-5(12-7)17-9(16)18-6-2-4-11-8(15)13-6/h1-4H,(H,10,12,14)(H,11,13,15). The Morgan fingerprint density at radius 1 is 0.944 bits per heavy atom. The molecule has 9 heteroatoms. The average molecular weight is 250 g/mol. The quantitative estimate of drug-likeness (QED) is 0.683. The highest BCUT2D eigenvalue weighted by atomic mass is 16.7. The molecule has 0 aliphatic carbocycles. The first-order chi connectivity index (χ1) is 8.63. The predicted octanol–water partition coefficient (Wildman–Crippen LogP) is -0.569. The second-order valence-electron chi connectivity index (χ2n) is 2.93. The molecule has 0 aliphatic heterocycles. The van der Waals surface area contributed by atoms with E-state index in [0.717, 1.165) is 12.4 Å². The van der Waals surface area contributed by atoms with Gasteiger partial charge in [-0.2, -0.15) is 0 Å². The van der Waals surface area contributed by atoms with Gasteiger partial charge in [-0.25, -0.2) is 24.4 Å². The lowest BCUT2D eigenvalue weighted by molar-refractivity contribution is 0.147. The second kappa shape index (κ2) is 4.91. The van der Waals surface area contributed by atoms with Crippen molar-refractivity contribution in [3.05, 3.63) is 45.5 Å². The van der Waals surface area contributed by atoms with Gasteiger partial charge in [-0.15, -0.1) is 0 Å². The second-order valence-corrected chi connectivity index (χ2v) is 2.93. The van der Waals surface area contributed by atoms with Gasteiger partial charge in [0.1, 0.15) is 0 Å². The van der Waals surface area contributed by atoms with Gasteiger partial charge >= 0.3 is 17.5 Å².